The van der Waals surface area contributed by atoms with Crippen LogP contribution in [-0.2, 0) is 0 Å². The number of fused-ring (bicyclic) bond motifs is 13. The quantitative estimate of drug-likeness (QED) is 0.141. The molecule has 5 heterocycles. The van der Waals surface area contributed by atoms with Gasteiger partial charge >= 0.3 is 0 Å². The SMILES string of the molecule is c1ccc(-c2ccc(N3c4cc5c(cc4B4c6cc7c8ccccc8n(-c8ccccc8)c7cc6N(c6ccc(-c7ccccc7)cc6)c6cc(-c7ccc8c(c7)c7ccccc7n8-c7ccccc7)cc3c64)c3ccccc3n5-c3ccccc3)cc2)cc1. The highest BCUT2D eigenvalue weighted by Gasteiger charge is 2.45. The van der Waals surface area contributed by atoms with E-state index in [2.05, 4.69) is 351 Å². The molecular weight excluding hydrogens is 1090 g/mol. The van der Waals surface area contributed by atoms with Gasteiger partial charge in [0.25, 0.3) is 6.71 Å². The normalized spacial score (nSPS) is 12.6. The minimum atomic E-state index is -0.188. The molecule has 418 valence electrons. The topological polar surface area (TPSA) is 21.3 Å². The maximum absolute atomic E-state index is 2.59. The van der Waals surface area contributed by atoms with E-state index in [4.69, 9.17) is 0 Å². The molecule has 0 saturated heterocycles. The Balaban J connectivity index is 0.954. The van der Waals surface area contributed by atoms with Crippen LogP contribution in [-0.4, -0.2) is 20.4 Å². The minimum Gasteiger partial charge on any atom is -0.311 e. The first kappa shape index (κ1) is 50.3. The highest BCUT2D eigenvalue weighted by molar-refractivity contribution is 7.00. The molecule has 19 rings (SSSR count). The van der Waals surface area contributed by atoms with Gasteiger partial charge in [0.1, 0.15) is 0 Å². The highest BCUT2D eigenvalue weighted by atomic mass is 15.2. The zero-order chi connectivity index (χ0) is 59.0. The van der Waals surface area contributed by atoms with Crippen molar-refractivity contribution in [3.05, 3.63) is 328 Å². The van der Waals surface area contributed by atoms with E-state index >= 15 is 0 Å². The summed E-state index contributed by atoms with van der Waals surface area (Å²) in [7, 11) is 0. The van der Waals surface area contributed by atoms with Gasteiger partial charge in [0.2, 0.25) is 0 Å². The molecule has 6 heteroatoms. The van der Waals surface area contributed by atoms with Crippen LogP contribution in [0.1, 0.15) is 0 Å². The average Bonchev–Trinajstić information content (AvgIpc) is 1.01. The zero-order valence-corrected chi connectivity index (χ0v) is 49.0. The van der Waals surface area contributed by atoms with Crippen molar-refractivity contribution in [3.63, 3.8) is 0 Å². The molecule has 2 aliphatic rings. The van der Waals surface area contributed by atoms with Crippen LogP contribution < -0.4 is 26.2 Å². The molecule has 0 radical (unpaired) electrons. The molecule has 0 atom stereocenters. The first-order valence-electron chi connectivity index (χ1n) is 31.1. The van der Waals surface area contributed by atoms with Gasteiger partial charge in [-0.15, -0.1) is 0 Å². The molecule has 14 aromatic carbocycles. The Hall–Kier alpha value is -11.9. The third kappa shape index (κ3) is 7.58. The molecule has 0 fully saturated rings. The molecule has 0 saturated carbocycles. The molecule has 0 unspecified atom stereocenters. The average molecular weight is 1140 g/mol. The molecule has 0 aliphatic carbocycles. The molecule has 90 heavy (non-hydrogen) atoms. The molecular formula is C84H54BN5. The number of rotatable bonds is 8. The summed E-state index contributed by atoms with van der Waals surface area (Å²) < 4.78 is 7.35. The Morgan fingerprint density at radius 2 is 0.511 bits per heavy atom. The zero-order valence-electron chi connectivity index (χ0n) is 49.0. The van der Waals surface area contributed by atoms with Gasteiger partial charge in [-0.3, -0.25) is 0 Å². The van der Waals surface area contributed by atoms with Gasteiger partial charge < -0.3 is 23.5 Å². The maximum atomic E-state index is 2.59. The van der Waals surface area contributed by atoms with Crippen molar-refractivity contribution < 1.29 is 0 Å². The third-order valence-corrected chi connectivity index (χ3v) is 19.2. The maximum Gasteiger partial charge on any atom is 0.252 e. The van der Waals surface area contributed by atoms with Crippen LogP contribution in [0.5, 0.6) is 0 Å². The van der Waals surface area contributed by atoms with E-state index in [9.17, 15) is 0 Å². The van der Waals surface area contributed by atoms with Gasteiger partial charge in [-0.1, -0.05) is 212 Å². The van der Waals surface area contributed by atoms with Crippen molar-refractivity contribution in [2.75, 3.05) is 9.80 Å². The fourth-order valence-corrected chi connectivity index (χ4v) is 15.2. The summed E-state index contributed by atoms with van der Waals surface area (Å²) in [6.07, 6.45) is 0. The minimum absolute atomic E-state index is 0.188. The summed E-state index contributed by atoms with van der Waals surface area (Å²) in [5, 5.41) is 7.32. The van der Waals surface area contributed by atoms with Crippen LogP contribution in [0.4, 0.5) is 34.1 Å². The van der Waals surface area contributed by atoms with Crippen LogP contribution in [0.25, 0.3) is 116 Å². The number of nitrogens with zero attached hydrogens (tertiary/aromatic N) is 5. The fraction of sp³-hybridized carbons (Fsp3) is 0. The van der Waals surface area contributed by atoms with Gasteiger partial charge in [-0.2, -0.15) is 0 Å². The van der Waals surface area contributed by atoms with E-state index in [0.29, 0.717) is 0 Å². The number of benzene rings is 14. The smallest absolute Gasteiger partial charge is 0.252 e. The molecule has 3 aromatic heterocycles. The Morgan fingerprint density at radius 3 is 0.922 bits per heavy atom. The molecule has 5 nitrogen and oxygen atoms in total. The number of para-hydroxylation sites is 6. The number of hydrogen-bond acceptors (Lipinski definition) is 2. The van der Waals surface area contributed by atoms with E-state index in [1.165, 1.54) is 93.0 Å². The van der Waals surface area contributed by atoms with E-state index in [1.807, 2.05) is 0 Å². The molecule has 2 aliphatic heterocycles. The second-order valence-corrected chi connectivity index (χ2v) is 24.0. The summed E-state index contributed by atoms with van der Waals surface area (Å²) >= 11 is 0. The van der Waals surface area contributed by atoms with Crippen molar-refractivity contribution >= 4 is 123 Å². The Kier molecular flexibility index (Phi) is 11.1. The lowest BCUT2D eigenvalue weighted by Crippen LogP contribution is -2.61. The fourth-order valence-electron chi connectivity index (χ4n) is 15.2. The molecule has 0 spiro atoms. The van der Waals surface area contributed by atoms with Crippen LogP contribution in [0.3, 0.4) is 0 Å². The third-order valence-electron chi connectivity index (χ3n) is 19.2. The molecule has 0 bridgehead atoms. The highest BCUT2D eigenvalue weighted by Crippen LogP contribution is 2.50. The molecule has 0 amide bonds. The van der Waals surface area contributed by atoms with Gasteiger partial charge in [0.15, 0.2) is 0 Å². The molecule has 17 aromatic rings. The van der Waals surface area contributed by atoms with E-state index in [1.54, 1.807) is 0 Å². The Labute approximate surface area is 521 Å². The predicted octanol–water partition coefficient (Wildman–Crippen LogP) is 20.1. The largest absolute Gasteiger partial charge is 0.311 e. The van der Waals surface area contributed by atoms with Crippen molar-refractivity contribution in [1.82, 2.24) is 13.7 Å². The molecule has 0 N–H and O–H groups in total. The first-order valence-corrected chi connectivity index (χ1v) is 31.1. The summed E-state index contributed by atoms with van der Waals surface area (Å²) in [6, 6.07) is 122. The van der Waals surface area contributed by atoms with E-state index < -0.39 is 0 Å². The lowest BCUT2D eigenvalue weighted by molar-refractivity contribution is 1.17. The number of hydrogen-bond donors (Lipinski definition) is 0. The lowest BCUT2D eigenvalue weighted by Gasteiger charge is -2.44. The standard InChI is InChI=1S/C84H54BN5/c1-6-22-55(23-7-1)57-38-43-64(44-39-57)89-80-53-78-70(67-33-17-20-36-75(67)87(78)62-28-12-4-13-29-62)51-72(80)85-73-52-71-68-34-18-21-37-76(68)88(63-30-14-5-15-31-63)79(71)54-81(73)90(65-45-40-58(41-46-65)56-24-8-2-9-25-56)83-50-60(49-82(89)84(83)85)59-42-47-77-69(48-59)66-32-16-19-35-74(66)86(77)61-26-10-3-11-27-61/h1-54H. The van der Waals surface area contributed by atoms with Crippen molar-refractivity contribution in [1.29, 1.82) is 0 Å². The Morgan fingerprint density at radius 1 is 0.189 bits per heavy atom. The van der Waals surface area contributed by atoms with E-state index in [0.717, 1.165) is 73.3 Å². The number of anilines is 6. The van der Waals surface area contributed by atoms with Gasteiger partial charge in [-0.25, -0.2) is 0 Å². The van der Waals surface area contributed by atoms with Gasteiger partial charge in [0, 0.05) is 83.5 Å². The van der Waals surface area contributed by atoms with Crippen LogP contribution in [0, 0.1) is 0 Å². The second-order valence-electron chi connectivity index (χ2n) is 24.0. The summed E-state index contributed by atoms with van der Waals surface area (Å²) in [4.78, 5) is 5.19. The number of aromatic nitrogens is 3. The van der Waals surface area contributed by atoms with Crippen molar-refractivity contribution in [2.45, 2.75) is 0 Å². The summed E-state index contributed by atoms with van der Waals surface area (Å²) in [5.74, 6) is 0. The van der Waals surface area contributed by atoms with Gasteiger partial charge in [-0.05, 0) is 165 Å². The monoisotopic (exact) mass is 1140 g/mol. The van der Waals surface area contributed by atoms with Crippen LogP contribution in [0.15, 0.2) is 328 Å². The predicted molar refractivity (Wildman–Crippen MR) is 380 cm³/mol. The van der Waals surface area contributed by atoms with Crippen molar-refractivity contribution in [2.24, 2.45) is 0 Å². The second kappa shape index (κ2) is 19.8. The first-order chi connectivity index (χ1) is 44.7. The Bertz CT molecular complexity index is 5420. The van der Waals surface area contributed by atoms with Crippen LogP contribution >= 0.6 is 0 Å². The van der Waals surface area contributed by atoms with Gasteiger partial charge in [0.05, 0.1) is 33.1 Å². The summed E-state index contributed by atoms with van der Waals surface area (Å²) in [5.41, 5.74) is 27.9. The van der Waals surface area contributed by atoms with Crippen molar-refractivity contribution in [3.8, 4) is 50.4 Å². The van der Waals surface area contributed by atoms with Crippen LogP contribution in [0.2, 0.25) is 0 Å². The summed E-state index contributed by atoms with van der Waals surface area (Å²) in [6.45, 7) is -0.188. The van der Waals surface area contributed by atoms with E-state index in [-0.39, 0.29) is 6.71 Å². The lowest BCUT2D eigenvalue weighted by atomic mass is 9.33.